The lowest BCUT2D eigenvalue weighted by atomic mass is 9.98. The van der Waals surface area contributed by atoms with Crippen molar-refractivity contribution < 1.29 is 9.84 Å². The van der Waals surface area contributed by atoms with Crippen molar-refractivity contribution in [1.82, 2.24) is 5.32 Å². The van der Waals surface area contributed by atoms with Crippen LogP contribution in [0.4, 0.5) is 0 Å². The van der Waals surface area contributed by atoms with Crippen LogP contribution in [0.3, 0.4) is 0 Å². The number of nitrogens with one attached hydrogen (secondary N) is 1. The fourth-order valence-corrected chi connectivity index (χ4v) is 1.69. The van der Waals surface area contributed by atoms with Crippen LogP contribution in [-0.4, -0.2) is 36.0 Å². The maximum Gasteiger partial charge on any atom is 0.0898 e. The molecule has 0 bridgehead atoms. The Labute approximate surface area is 93.2 Å². The van der Waals surface area contributed by atoms with E-state index in [1.807, 2.05) is 13.8 Å². The molecule has 1 fully saturated rings. The lowest BCUT2D eigenvalue weighted by molar-refractivity contribution is 0.00357. The summed E-state index contributed by atoms with van der Waals surface area (Å²) in [5.41, 5.74) is 0.165. The molecule has 0 amide bonds. The Morgan fingerprint density at radius 1 is 1.40 bits per heavy atom. The summed E-state index contributed by atoms with van der Waals surface area (Å²) in [6.45, 7) is 9.42. The van der Waals surface area contributed by atoms with Gasteiger partial charge in [-0.05, 0) is 46.5 Å². The quantitative estimate of drug-likeness (QED) is 0.677. The second-order valence-corrected chi connectivity index (χ2v) is 5.41. The molecule has 1 saturated carbocycles. The van der Waals surface area contributed by atoms with E-state index in [9.17, 15) is 5.11 Å². The van der Waals surface area contributed by atoms with Crippen molar-refractivity contribution in [3.63, 3.8) is 0 Å². The Morgan fingerprint density at radius 3 is 2.47 bits per heavy atom. The molecule has 90 valence electrons. The molecule has 1 aliphatic rings. The molecule has 0 saturated heterocycles. The van der Waals surface area contributed by atoms with Gasteiger partial charge in [0.25, 0.3) is 0 Å². The van der Waals surface area contributed by atoms with Gasteiger partial charge < -0.3 is 15.2 Å². The van der Waals surface area contributed by atoms with Crippen LogP contribution >= 0.6 is 0 Å². The minimum absolute atomic E-state index is 0.165. The number of ether oxygens (including phenoxy) is 1. The number of hydrogen-bond acceptors (Lipinski definition) is 3. The molecule has 0 aromatic heterocycles. The highest BCUT2D eigenvalue weighted by Crippen LogP contribution is 2.39. The number of hydrogen-bond donors (Lipinski definition) is 2. The van der Waals surface area contributed by atoms with Crippen molar-refractivity contribution in [2.45, 2.75) is 58.3 Å². The molecule has 1 unspecified atom stereocenters. The highest BCUT2D eigenvalue weighted by atomic mass is 16.5. The summed E-state index contributed by atoms with van der Waals surface area (Å²) in [5.74, 6) is 0.788. The van der Waals surface area contributed by atoms with Gasteiger partial charge in [0.2, 0.25) is 0 Å². The van der Waals surface area contributed by atoms with Crippen LogP contribution in [0.5, 0.6) is 0 Å². The van der Waals surface area contributed by atoms with Gasteiger partial charge in [-0.25, -0.2) is 0 Å². The van der Waals surface area contributed by atoms with Crippen molar-refractivity contribution in [3.8, 4) is 0 Å². The van der Waals surface area contributed by atoms with E-state index in [-0.39, 0.29) is 11.6 Å². The van der Waals surface area contributed by atoms with Gasteiger partial charge in [-0.1, -0.05) is 0 Å². The third kappa shape index (κ3) is 4.96. The number of rotatable bonds is 7. The molecule has 0 heterocycles. The molecule has 2 N–H and O–H groups in total. The zero-order chi connectivity index (χ0) is 11.5. The highest BCUT2D eigenvalue weighted by molar-refractivity contribution is 4.94. The van der Waals surface area contributed by atoms with Crippen molar-refractivity contribution in [1.29, 1.82) is 0 Å². The lowest BCUT2D eigenvalue weighted by Gasteiger charge is -2.27. The van der Waals surface area contributed by atoms with Crippen LogP contribution in [0.15, 0.2) is 0 Å². The van der Waals surface area contributed by atoms with Gasteiger partial charge in [0, 0.05) is 12.1 Å². The molecule has 0 aliphatic heterocycles. The zero-order valence-electron chi connectivity index (χ0n) is 10.4. The minimum Gasteiger partial charge on any atom is -0.389 e. The molecule has 1 atom stereocenters. The van der Waals surface area contributed by atoms with Crippen LogP contribution in [0.25, 0.3) is 0 Å². The van der Waals surface area contributed by atoms with E-state index >= 15 is 0 Å². The van der Waals surface area contributed by atoms with Crippen LogP contribution < -0.4 is 5.32 Å². The summed E-state index contributed by atoms with van der Waals surface area (Å²) in [7, 11) is 0. The summed E-state index contributed by atoms with van der Waals surface area (Å²) in [6, 6.07) is 0. The Morgan fingerprint density at radius 2 is 2.00 bits per heavy atom. The Bertz CT molecular complexity index is 188. The summed E-state index contributed by atoms with van der Waals surface area (Å²) in [6.07, 6.45) is 2.43. The Hall–Kier alpha value is -0.120. The van der Waals surface area contributed by atoms with Crippen LogP contribution in [-0.2, 0) is 4.74 Å². The first-order valence-corrected chi connectivity index (χ1v) is 5.96. The predicted octanol–water partition coefficient (Wildman–Crippen LogP) is 1.55. The van der Waals surface area contributed by atoms with Crippen molar-refractivity contribution in [2.24, 2.45) is 5.92 Å². The van der Waals surface area contributed by atoms with Crippen LogP contribution in [0.2, 0.25) is 0 Å². The molecule has 0 aromatic carbocycles. The molecule has 0 spiro atoms. The third-order valence-electron chi connectivity index (χ3n) is 3.01. The van der Waals surface area contributed by atoms with E-state index in [4.69, 9.17) is 4.74 Å². The SMILES string of the molecule is CC(C)OCC(O)CNC(C)(C)C1CC1. The van der Waals surface area contributed by atoms with Gasteiger partial charge in [-0.2, -0.15) is 0 Å². The molecule has 0 aromatic rings. The smallest absolute Gasteiger partial charge is 0.0898 e. The number of aliphatic hydroxyl groups is 1. The molecule has 3 heteroatoms. The third-order valence-corrected chi connectivity index (χ3v) is 3.01. The molecule has 1 rings (SSSR count). The first-order chi connectivity index (χ1) is 6.92. The molecule has 15 heavy (non-hydrogen) atoms. The topological polar surface area (TPSA) is 41.5 Å². The number of β-amino-alcohol motifs (C(OH)–C–C–N with tert-alkyl or cyclic N) is 1. The van der Waals surface area contributed by atoms with E-state index in [1.165, 1.54) is 12.8 Å². The average Bonchev–Trinajstić information content (AvgIpc) is 2.94. The van der Waals surface area contributed by atoms with Crippen molar-refractivity contribution >= 4 is 0 Å². The predicted molar refractivity (Wildman–Crippen MR) is 61.9 cm³/mol. The fraction of sp³-hybridized carbons (Fsp3) is 1.00. The first kappa shape index (κ1) is 12.9. The minimum atomic E-state index is -0.398. The molecular weight excluding hydrogens is 190 g/mol. The summed E-state index contributed by atoms with van der Waals surface area (Å²) in [5, 5.41) is 13.1. The highest BCUT2D eigenvalue weighted by Gasteiger charge is 2.37. The largest absolute Gasteiger partial charge is 0.389 e. The Kier molecular flexibility index (Phi) is 4.56. The van der Waals surface area contributed by atoms with Gasteiger partial charge >= 0.3 is 0 Å². The van der Waals surface area contributed by atoms with Crippen LogP contribution in [0.1, 0.15) is 40.5 Å². The number of aliphatic hydroxyl groups excluding tert-OH is 1. The summed E-state index contributed by atoms with van der Waals surface area (Å²) < 4.78 is 5.35. The average molecular weight is 215 g/mol. The second kappa shape index (κ2) is 5.28. The molecular formula is C12H25NO2. The monoisotopic (exact) mass is 215 g/mol. The Balaban J connectivity index is 2.12. The van der Waals surface area contributed by atoms with E-state index in [0.717, 1.165) is 5.92 Å². The van der Waals surface area contributed by atoms with Gasteiger partial charge in [0.05, 0.1) is 18.8 Å². The standard InChI is InChI=1S/C12H25NO2/c1-9(2)15-8-11(14)7-13-12(3,4)10-5-6-10/h9-11,13-14H,5-8H2,1-4H3. The van der Waals surface area contributed by atoms with E-state index in [1.54, 1.807) is 0 Å². The maximum absolute atomic E-state index is 9.68. The van der Waals surface area contributed by atoms with E-state index in [2.05, 4.69) is 19.2 Å². The van der Waals surface area contributed by atoms with Gasteiger partial charge in [0.1, 0.15) is 0 Å². The van der Waals surface area contributed by atoms with Gasteiger partial charge in [-0.15, -0.1) is 0 Å². The normalized spacial score (nSPS) is 19.6. The lowest BCUT2D eigenvalue weighted by Crippen LogP contribution is -2.46. The van der Waals surface area contributed by atoms with E-state index < -0.39 is 6.10 Å². The molecule has 1 aliphatic carbocycles. The summed E-state index contributed by atoms with van der Waals surface area (Å²) >= 11 is 0. The maximum atomic E-state index is 9.68. The molecule has 0 radical (unpaired) electrons. The molecule has 3 nitrogen and oxygen atoms in total. The second-order valence-electron chi connectivity index (χ2n) is 5.41. The van der Waals surface area contributed by atoms with Crippen LogP contribution in [0, 0.1) is 5.92 Å². The zero-order valence-corrected chi connectivity index (χ0v) is 10.4. The van der Waals surface area contributed by atoms with Crippen molar-refractivity contribution in [3.05, 3.63) is 0 Å². The van der Waals surface area contributed by atoms with Gasteiger partial charge in [-0.3, -0.25) is 0 Å². The van der Waals surface area contributed by atoms with Gasteiger partial charge in [0.15, 0.2) is 0 Å². The fourth-order valence-electron chi connectivity index (χ4n) is 1.69. The van der Waals surface area contributed by atoms with Crippen molar-refractivity contribution in [2.75, 3.05) is 13.2 Å². The first-order valence-electron chi connectivity index (χ1n) is 5.96. The van der Waals surface area contributed by atoms with E-state index in [0.29, 0.717) is 13.2 Å². The summed E-state index contributed by atoms with van der Waals surface area (Å²) in [4.78, 5) is 0.